The third kappa shape index (κ3) is 4.18. The number of rotatable bonds is 7. The number of nitro benzene ring substituents is 1. The first-order valence-corrected chi connectivity index (χ1v) is 6.58. The Morgan fingerprint density at radius 3 is 2.55 bits per heavy atom. The van der Waals surface area contributed by atoms with Crippen LogP contribution in [0.5, 0.6) is 5.75 Å². The molecule has 1 rings (SSSR count). The zero-order chi connectivity index (χ0) is 16.9. The highest BCUT2D eigenvalue weighted by atomic mass is 16.6. The van der Waals surface area contributed by atoms with Gasteiger partial charge in [-0.1, -0.05) is 0 Å². The average Bonchev–Trinajstić information content (AvgIpc) is 2.45. The Morgan fingerprint density at radius 1 is 1.41 bits per heavy atom. The van der Waals surface area contributed by atoms with Crippen molar-refractivity contribution in [3.05, 3.63) is 33.4 Å². The Morgan fingerprint density at radius 2 is 2.05 bits per heavy atom. The Labute approximate surface area is 127 Å². The number of hydrogen-bond donors (Lipinski definition) is 1. The minimum atomic E-state index is -0.937. The van der Waals surface area contributed by atoms with E-state index in [1.54, 1.807) is 6.92 Å². The summed E-state index contributed by atoms with van der Waals surface area (Å²) < 4.78 is 5.07. The van der Waals surface area contributed by atoms with Crippen molar-refractivity contribution in [3.8, 4) is 5.75 Å². The summed E-state index contributed by atoms with van der Waals surface area (Å²) in [5.74, 6) is -1.10. The van der Waals surface area contributed by atoms with Crippen molar-refractivity contribution in [1.29, 1.82) is 0 Å². The molecular weight excluding hydrogens is 292 g/mol. The quantitative estimate of drug-likeness (QED) is 0.608. The average molecular weight is 310 g/mol. The highest BCUT2D eigenvalue weighted by Crippen LogP contribution is 2.29. The van der Waals surface area contributed by atoms with Crippen LogP contribution in [0, 0.1) is 17.0 Å². The molecule has 0 atom stereocenters. The van der Waals surface area contributed by atoms with Gasteiger partial charge in [-0.3, -0.25) is 19.7 Å². The monoisotopic (exact) mass is 310 g/mol. The molecule has 1 aromatic carbocycles. The molecule has 1 amide bonds. The van der Waals surface area contributed by atoms with Crippen LogP contribution in [0.4, 0.5) is 5.69 Å². The first-order chi connectivity index (χ1) is 10.3. The van der Waals surface area contributed by atoms with Crippen LogP contribution in [0.15, 0.2) is 12.1 Å². The summed E-state index contributed by atoms with van der Waals surface area (Å²) in [7, 11) is 2.89. The van der Waals surface area contributed by atoms with Crippen molar-refractivity contribution in [2.24, 2.45) is 0 Å². The lowest BCUT2D eigenvalue weighted by atomic mass is 10.1. The molecule has 0 aliphatic carbocycles. The second-order valence-electron chi connectivity index (χ2n) is 4.80. The van der Waals surface area contributed by atoms with Gasteiger partial charge in [-0.15, -0.1) is 0 Å². The molecule has 0 fully saturated rings. The van der Waals surface area contributed by atoms with Gasteiger partial charge in [-0.2, -0.15) is 0 Å². The van der Waals surface area contributed by atoms with Crippen molar-refractivity contribution in [2.75, 3.05) is 20.7 Å². The number of carboxylic acid groups (broad SMARTS) is 1. The number of carbonyl (C=O) groups is 2. The number of methoxy groups -OCH3 is 1. The van der Waals surface area contributed by atoms with E-state index in [1.165, 1.54) is 31.2 Å². The highest BCUT2D eigenvalue weighted by molar-refractivity contribution is 5.95. The number of amides is 1. The standard InChI is InChI=1S/C14H18N2O6/c1-9-11(16(20)21)7-10(8-12(9)22-3)14(19)15(2)6-4-5-13(17)18/h7-8H,4-6H2,1-3H3,(H,17,18). The lowest BCUT2D eigenvalue weighted by molar-refractivity contribution is -0.385. The maximum atomic E-state index is 12.3. The predicted octanol–water partition coefficient (Wildman–Crippen LogP) is 1.85. The number of benzene rings is 1. The summed E-state index contributed by atoms with van der Waals surface area (Å²) >= 11 is 0. The van der Waals surface area contributed by atoms with E-state index in [9.17, 15) is 19.7 Å². The van der Waals surface area contributed by atoms with Crippen LogP contribution in [-0.4, -0.2) is 47.5 Å². The van der Waals surface area contributed by atoms with Crippen molar-refractivity contribution in [3.63, 3.8) is 0 Å². The summed E-state index contributed by atoms with van der Waals surface area (Å²) in [4.78, 5) is 34.5. The number of carbonyl (C=O) groups excluding carboxylic acids is 1. The van der Waals surface area contributed by atoms with E-state index in [1.807, 2.05) is 0 Å². The molecule has 22 heavy (non-hydrogen) atoms. The molecule has 0 heterocycles. The minimum Gasteiger partial charge on any atom is -0.496 e. The topological polar surface area (TPSA) is 110 Å². The van der Waals surface area contributed by atoms with Crippen LogP contribution in [0.2, 0.25) is 0 Å². The minimum absolute atomic E-state index is 0.0466. The molecule has 0 saturated heterocycles. The van der Waals surface area contributed by atoms with Gasteiger partial charge in [0, 0.05) is 26.1 Å². The van der Waals surface area contributed by atoms with Crippen LogP contribution in [0.25, 0.3) is 0 Å². The lowest BCUT2D eigenvalue weighted by Gasteiger charge is -2.17. The number of carboxylic acids is 1. The molecule has 0 aliphatic heterocycles. The molecule has 0 aromatic heterocycles. The first-order valence-electron chi connectivity index (χ1n) is 6.58. The van der Waals surface area contributed by atoms with E-state index >= 15 is 0 Å². The number of aliphatic carboxylic acids is 1. The summed E-state index contributed by atoms with van der Waals surface area (Å²) in [5.41, 5.74) is 0.284. The third-order valence-corrected chi connectivity index (χ3v) is 3.23. The van der Waals surface area contributed by atoms with Crippen molar-refractivity contribution in [2.45, 2.75) is 19.8 Å². The van der Waals surface area contributed by atoms with Crippen LogP contribution >= 0.6 is 0 Å². The van der Waals surface area contributed by atoms with Gasteiger partial charge in [0.25, 0.3) is 11.6 Å². The normalized spacial score (nSPS) is 10.1. The molecule has 0 radical (unpaired) electrons. The van der Waals surface area contributed by atoms with E-state index in [4.69, 9.17) is 9.84 Å². The van der Waals surface area contributed by atoms with E-state index in [2.05, 4.69) is 0 Å². The van der Waals surface area contributed by atoms with Gasteiger partial charge in [0.1, 0.15) is 5.75 Å². The van der Waals surface area contributed by atoms with Gasteiger partial charge in [-0.05, 0) is 19.4 Å². The number of nitro groups is 1. The summed E-state index contributed by atoms with van der Waals surface area (Å²) in [6, 6.07) is 2.65. The van der Waals surface area contributed by atoms with Crippen LogP contribution < -0.4 is 4.74 Å². The van der Waals surface area contributed by atoms with Crippen molar-refractivity contribution in [1.82, 2.24) is 4.90 Å². The summed E-state index contributed by atoms with van der Waals surface area (Å²) in [6.07, 6.45) is 0.262. The third-order valence-electron chi connectivity index (χ3n) is 3.23. The van der Waals surface area contributed by atoms with E-state index < -0.39 is 16.8 Å². The second-order valence-corrected chi connectivity index (χ2v) is 4.80. The van der Waals surface area contributed by atoms with Crippen molar-refractivity contribution >= 4 is 17.6 Å². The Bertz CT molecular complexity index is 599. The van der Waals surface area contributed by atoms with Crippen LogP contribution in [0.3, 0.4) is 0 Å². The molecular formula is C14H18N2O6. The fraction of sp³-hybridized carbons (Fsp3) is 0.429. The predicted molar refractivity (Wildman–Crippen MR) is 78.2 cm³/mol. The molecule has 0 saturated carbocycles. The van der Waals surface area contributed by atoms with Gasteiger partial charge < -0.3 is 14.7 Å². The van der Waals surface area contributed by atoms with Crippen LogP contribution in [-0.2, 0) is 4.79 Å². The molecule has 120 valence electrons. The molecule has 0 bridgehead atoms. The Kier molecular flexibility index (Phi) is 5.85. The Balaban J connectivity index is 2.99. The van der Waals surface area contributed by atoms with Gasteiger partial charge in [0.05, 0.1) is 23.2 Å². The zero-order valence-corrected chi connectivity index (χ0v) is 12.7. The molecule has 1 N–H and O–H groups in total. The van der Waals surface area contributed by atoms with E-state index in [-0.39, 0.29) is 30.0 Å². The maximum Gasteiger partial charge on any atom is 0.303 e. The molecule has 0 unspecified atom stereocenters. The number of nitrogens with zero attached hydrogens (tertiary/aromatic N) is 2. The zero-order valence-electron chi connectivity index (χ0n) is 12.7. The molecule has 8 heteroatoms. The molecule has 8 nitrogen and oxygen atoms in total. The fourth-order valence-electron chi connectivity index (χ4n) is 1.99. The van der Waals surface area contributed by atoms with E-state index in [0.29, 0.717) is 12.0 Å². The second kappa shape index (κ2) is 7.39. The number of ether oxygens (including phenoxy) is 1. The highest BCUT2D eigenvalue weighted by Gasteiger charge is 2.21. The molecule has 1 aromatic rings. The first kappa shape index (κ1) is 17.4. The maximum absolute atomic E-state index is 12.3. The molecule has 0 aliphatic rings. The summed E-state index contributed by atoms with van der Waals surface area (Å²) in [5, 5.41) is 19.6. The largest absolute Gasteiger partial charge is 0.496 e. The van der Waals surface area contributed by atoms with Crippen LogP contribution in [0.1, 0.15) is 28.8 Å². The lowest BCUT2D eigenvalue weighted by Crippen LogP contribution is -2.28. The van der Waals surface area contributed by atoms with Crippen molar-refractivity contribution < 1.29 is 24.4 Å². The fourth-order valence-corrected chi connectivity index (χ4v) is 1.99. The van der Waals surface area contributed by atoms with Gasteiger partial charge in [0.2, 0.25) is 0 Å². The van der Waals surface area contributed by atoms with Gasteiger partial charge in [-0.25, -0.2) is 0 Å². The SMILES string of the molecule is COc1cc(C(=O)N(C)CCCC(=O)O)cc([N+](=O)[O-])c1C. The van der Waals surface area contributed by atoms with Gasteiger partial charge in [0.15, 0.2) is 0 Å². The van der Waals surface area contributed by atoms with E-state index in [0.717, 1.165) is 0 Å². The molecule has 0 spiro atoms. The van der Waals surface area contributed by atoms with Gasteiger partial charge >= 0.3 is 5.97 Å². The Hall–Kier alpha value is -2.64. The number of hydrogen-bond acceptors (Lipinski definition) is 5. The smallest absolute Gasteiger partial charge is 0.303 e. The summed E-state index contributed by atoms with van der Waals surface area (Å²) in [6.45, 7) is 1.79.